The maximum Gasteiger partial charge on any atom is 0.326 e. The molecule has 2 rings (SSSR count). The molecule has 3 amide bonds. The number of imidazole rings is 2. The number of aromatic nitrogens is 4. The summed E-state index contributed by atoms with van der Waals surface area (Å²) >= 11 is 0. The van der Waals surface area contributed by atoms with Crippen molar-refractivity contribution in [2.24, 2.45) is 17.6 Å². The molecular weight excluding hydrogens is 480 g/mol. The molecule has 13 heteroatoms. The SMILES string of the molecule is CCC(C)C(N)C(=O)NC(Cc1cnc[nH]1)C(=O)NC(Cc1cnc[nH]1)C(=O)NC(C(=O)O)C(C)CC. The van der Waals surface area contributed by atoms with Crippen molar-refractivity contribution in [1.82, 2.24) is 35.9 Å². The van der Waals surface area contributed by atoms with Crippen molar-refractivity contribution in [3.8, 4) is 0 Å². The fraction of sp³-hybridized carbons (Fsp3) is 0.583. The summed E-state index contributed by atoms with van der Waals surface area (Å²) in [7, 11) is 0. The van der Waals surface area contributed by atoms with Crippen molar-refractivity contribution >= 4 is 23.7 Å². The van der Waals surface area contributed by atoms with Crippen molar-refractivity contribution in [2.75, 3.05) is 0 Å². The van der Waals surface area contributed by atoms with E-state index >= 15 is 0 Å². The molecule has 204 valence electrons. The zero-order chi connectivity index (χ0) is 27.5. The van der Waals surface area contributed by atoms with E-state index < -0.39 is 47.9 Å². The highest BCUT2D eigenvalue weighted by molar-refractivity contribution is 5.94. The van der Waals surface area contributed by atoms with Crippen LogP contribution < -0.4 is 21.7 Å². The molecule has 0 spiro atoms. The molecule has 2 heterocycles. The van der Waals surface area contributed by atoms with Gasteiger partial charge in [-0.1, -0.05) is 40.5 Å². The summed E-state index contributed by atoms with van der Waals surface area (Å²) in [5.74, 6) is -3.40. The Bertz CT molecular complexity index is 1010. The molecule has 0 fully saturated rings. The number of carbonyl (C=O) groups is 4. The van der Waals surface area contributed by atoms with Crippen molar-refractivity contribution < 1.29 is 24.3 Å². The third-order valence-electron chi connectivity index (χ3n) is 6.56. The van der Waals surface area contributed by atoms with Crippen molar-refractivity contribution in [1.29, 1.82) is 0 Å². The molecular formula is C24H38N8O5. The molecule has 13 nitrogen and oxygen atoms in total. The van der Waals surface area contributed by atoms with E-state index in [4.69, 9.17) is 5.73 Å². The van der Waals surface area contributed by atoms with Crippen molar-refractivity contribution in [2.45, 2.75) is 77.5 Å². The van der Waals surface area contributed by atoms with Gasteiger partial charge in [-0.25, -0.2) is 14.8 Å². The van der Waals surface area contributed by atoms with E-state index in [-0.39, 0.29) is 24.7 Å². The zero-order valence-corrected chi connectivity index (χ0v) is 21.7. The molecule has 0 bridgehead atoms. The first-order chi connectivity index (χ1) is 17.6. The van der Waals surface area contributed by atoms with Gasteiger partial charge in [-0.15, -0.1) is 0 Å². The molecule has 0 aliphatic carbocycles. The van der Waals surface area contributed by atoms with E-state index in [1.54, 1.807) is 6.92 Å². The molecule has 0 aliphatic heterocycles. The number of hydrogen-bond donors (Lipinski definition) is 7. The minimum absolute atomic E-state index is 0.0293. The van der Waals surface area contributed by atoms with E-state index in [2.05, 4.69) is 35.9 Å². The van der Waals surface area contributed by atoms with Crippen molar-refractivity contribution in [3.63, 3.8) is 0 Å². The number of amides is 3. The number of hydrogen-bond acceptors (Lipinski definition) is 7. The van der Waals surface area contributed by atoms with Crippen molar-refractivity contribution in [3.05, 3.63) is 36.4 Å². The van der Waals surface area contributed by atoms with Crippen LogP contribution in [0.2, 0.25) is 0 Å². The predicted octanol–water partition coefficient (Wildman–Crippen LogP) is -0.123. The summed E-state index contributed by atoms with van der Waals surface area (Å²) in [5, 5.41) is 17.5. The summed E-state index contributed by atoms with van der Waals surface area (Å²) < 4.78 is 0. The average molecular weight is 519 g/mol. The molecule has 0 radical (unpaired) electrons. The van der Waals surface area contributed by atoms with E-state index in [9.17, 15) is 24.3 Å². The molecule has 37 heavy (non-hydrogen) atoms. The molecule has 0 aliphatic rings. The maximum atomic E-state index is 13.4. The van der Waals surface area contributed by atoms with Gasteiger partial charge in [0.2, 0.25) is 17.7 Å². The van der Waals surface area contributed by atoms with Gasteiger partial charge in [0.05, 0.1) is 18.7 Å². The topological polar surface area (TPSA) is 208 Å². The minimum Gasteiger partial charge on any atom is -0.480 e. The van der Waals surface area contributed by atoms with Gasteiger partial charge in [0.25, 0.3) is 0 Å². The van der Waals surface area contributed by atoms with Crippen LogP contribution in [-0.4, -0.2) is 72.9 Å². The van der Waals surface area contributed by atoms with Crippen LogP contribution in [0.1, 0.15) is 51.9 Å². The van der Waals surface area contributed by atoms with Crippen LogP contribution in [-0.2, 0) is 32.0 Å². The molecule has 0 saturated heterocycles. The van der Waals surface area contributed by atoms with Crippen LogP contribution in [0.15, 0.2) is 25.0 Å². The summed E-state index contributed by atoms with van der Waals surface area (Å²) in [6, 6.07) is -4.15. The van der Waals surface area contributed by atoms with Crippen LogP contribution in [0.4, 0.5) is 0 Å². The number of H-pyrrole nitrogens is 2. The first kappa shape index (κ1) is 29.5. The fourth-order valence-electron chi connectivity index (χ4n) is 3.64. The van der Waals surface area contributed by atoms with E-state index in [1.165, 1.54) is 25.0 Å². The van der Waals surface area contributed by atoms with Crippen LogP contribution in [0.25, 0.3) is 0 Å². The van der Waals surface area contributed by atoms with Crippen LogP contribution in [0.5, 0.6) is 0 Å². The lowest BCUT2D eigenvalue weighted by Gasteiger charge is -2.27. The lowest BCUT2D eigenvalue weighted by molar-refractivity contribution is -0.143. The highest BCUT2D eigenvalue weighted by atomic mass is 16.4. The van der Waals surface area contributed by atoms with Gasteiger partial charge in [0.1, 0.15) is 18.1 Å². The standard InChI is InChI=1S/C24H38N8O5/c1-5-13(3)19(25)23(35)31-17(7-15-9-26-11-28-15)21(33)30-18(8-16-10-27-12-29-16)22(34)32-20(24(36)37)14(4)6-2/h9-14,17-20H,5-8,25H2,1-4H3,(H,26,28)(H,27,29)(H,30,33)(H,31,35)(H,32,34)(H,36,37). The van der Waals surface area contributed by atoms with Gasteiger partial charge in [-0.3, -0.25) is 14.4 Å². The first-order valence-corrected chi connectivity index (χ1v) is 12.4. The largest absolute Gasteiger partial charge is 0.480 e. The molecule has 6 atom stereocenters. The highest BCUT2D eigenvalue weighted by Gasteiger charge is 2.33. The van der Waals surface area contributed by atoms with Crippen LogP contribution in [0.3, 0.4) is 0 Å². The number of carboxylic acids is 1. The summed E-state index contributed by atoms with van der Waals surface area (Å²) in [4.78, 5) is 64.8. The Balaban J connectivity index is 2.26. The number of carboxylic acid groups (broad SMARTS) is 1. The quantitative estimate of drug-likeness (QED) is 0.169. The number of nitrogens with one attached hydrogen (secondary N) is 5. The Morgan fingerprint density at radius 3 is 1.70 bits per heavy atom. The minimum atomic E-state index is -1.17. The third-order valence-corrected chi connectivity index (χ3v) is 6.56. The monoisotopic (exact) mass is 518 g/mol. The van der Waals surface area contributed by atoms with Crippen LogP contribution in [0, 0.1) is 11.8 Å². The number of nitrogens with zero attached hydrogens (tertiary/aromatic N) is 2. The molecule has 8 N–H and O–H groups in total. The fourth-order valence-corrected chi connectivity index (χ4v) is 3.64. The predicted molar refractivity (Wildman–Crippen MR) is 135 cm³/mol. The van der Waals surface area contributed by atoms with Gasteiger partial charge in [0, 0.05) is 36.6 Å². The second-order valence-electron chi connectivity index (χ2n) is 9.31. The first-order valence-electron chi connectivity index (χ1n) is 12.4. The summed E-state index contributed by atoms with van der Waals surface area (Å²) in [6.07, 6.45) is 7.23. The molecule has 2 aromatic rings. The molecule has 6 unspecified atom stereocenters. The smallest absolute Gasteiger partial charge is 0.326 e. The number of carbonyl (C=O) groups excluding carboxylic acids is 3. The Hall–Kier alpha value is -3.74. The Morgan fingerprint density at radius 2 is 1.30 bits per heavy atom. The normalized spacial score (nSPS) is 16.0. The second-order valence-corrected chi connectivity index (χ2v) is 9.31. The van der Waals surface area contributed by atoms with Gasteiger partial charge in [-0.05, 0) is 11.8 Å². The van der Waals surface area contributed by atoms with Gasteiger partial charge < -0.3 is 36.8 Å². The molecule has 0 saturated carbocycles. The summed E-state index contributed by atoms with van der Waals surface area (Å²) in [5.41, 5.74) is 7.21. The zero-order valence-electron chi connectivity index (χ0n) is 21.7. The summed E-state index contributed by atoms with van der Waals surface area (Å²) in [6.45, 7) is 7.30. The number of rotatable bonds is 15. The van der Waals surface area contributed by atoms with Gasteiger partial charge in [0.15, 0.2) is 0 Å². The lowest BCUT2D eigenvalue weighted by atomic mass is 9.98. The maximum absolute atomic E-state index is 13.4. The number of nitrogens with two attached hydrogens (primary N) is 1. The highest BCUT2D eigenvalue weighted by Crippen LogP contribution is 2.10. The van der Waals surface area contributed by atoms with E-state index in [0.29, 0.717) is 24.2 Å². The van der Waals surface area contributed by atoms with Gasteiger partial charge >= 0.3 is 5.97 Å². The Labute approximate surface area is 215 Å². The molecule has 0 aromatic carbocycles. The Morgan fingerprint density at radius 1 is 0.838 bits per heavy atom. The third kappa shape index (κ3) is 8.70. The second kappa shape index (κ2) is 14.1. The van der Waals surface area contributed by atoms with Gasteiger partial charge in [-0.2, -0.15) is 0 Å². The van der Waals surface area contributed by atoms with Crippen LogP contribution >= 0.6 is 0 Å². The lowest BCUT2D eigenvalue weighted by Crippen LogP contribution is -2.59. The molecule has 2 aromatic heterocycles. The number of aromatic amines is 2. The van der Waals surface area contributed by atoms with E-state index in [1.807, 2.05) is 20.8 Å². The van der Waals surface area contributed by atoms with E-state index in [0.717, 1.165) is 0 Å². The average Bonchev–Trinajstić information content (AvgIpc) is 3.59. The Kier molecular flexibility index (Phi) is 11.2. The number of aliphatic carboxylic acids is 1.